The molecule has 1 aliphatic heterocycles. The molecule has 0 fully saturated rings. The molecule has 1 aromatic carbocycles. The van der Waals surface area contributed by atoms with Gasteiger partial charge in [-0.3, -0.25) is 10.4 Å². The minimum Gasteiger partial charge on any atom is -0.296 e. The molecule has 1 aromatic rings. The van der Waals surface area contributed by atoms with Gasteiger partial charge in [-0.2, -0.15) is 0 Å². The number of anilines is 1. The molecule has 6 heteroatoms. The number of benzene rings is 1. The highest BCUT2D eigenvalue weighted by Crippen LogP contribution is 2.28. The van der Waals surface area contributed by atoms with Crippen LogP contribution in [0.3, 0.4) is 0 Å². The van der Waals surface area contributed by atoms with Gasteiger partial charge in [0.05, 0.1) is 16.9 Å². The third kappa shape index (κ3) is 1.95. The van der Waals surface area contributed by atoms with Crippen molar-refractivity contribution >= 4 is 33.2 Å². The van der Waals surface area contributed by atoms with Crippen molar-refractivity contribution in [3.05, 3.63) is 39.3 Å². The van der Waals surface area contributed by atoms with E-state index in [2.05, 4.69) is 26.9 Å². The molecule has 0 radical (unpaired) electrons. The highest BCUT2D eigenvalue weighted by molar-refractivity contribution is 9.11. The van der Waals surface area contributed by atoms with Crippen LogP contribution in [-0.2, 0) is 0 Å². The summed E-state index contributed by atoms with van der Waals surface area (Å²) in [6.07, 6.45) is 1.76. The molecular formula is C9H8BrClFN3. The minimum absolute atomic E-state index is 0.131. The van der Waals surface area contributed by atoms with Crippen molar-refractivity contribution in [2.75, 3.05) is 5.01 Å². The molecule has 1 heterocycles. The maximum atomic E-state index is 13.5. The van der Waals surface area contributed by atoms with E-state index < -0.39 is 5.82 Å². The fraction of sp³-hybridized carbons (Fsp3) is 0.111. The van der Waals surface area contributed by atoms with Gasteiger partial charge in [0.1, 0.15) is 10.4 Å². The summed E-state index contributed by atoms with van der Waals surface area (Å²) in [5, 5.41) is 1.80. The zero-order valence-electron chi connectivity index (χ0n) is 7.81. The van der Waals surface area contributed by atoms with Gasteiger partial charge in [0.25, 0.3) is 0 Å². The summed E-state index contributed by atoms with van der Waals surface area (Å²) in [5.41, 5.74) is 6.87. The molecule has 2 N–H and O–H groups in total. The minimum atomic E-state index is -0.396. The number of nitrogens with zero attached hydrogens (tertiary/aromatic N) is 1. The molecule has 0 saturated carbocycles. The van der Waals surface area contributed by atoms with Crippen molar-refractivity contribution < 1.29 is 4.39 Å². The van der Waals surface area contributed by atoms with Crippen LogP contribution in [0.25, 0.3) is 0 Å². The molecule has 0 bridgehead atoms. The van der Waals surface area contributed by atoms with Crippen LogP contribution in [0.5, 0.6) is 0 Å². The van der Waals surface area contributed by atoms with Gasteiger partial charge in [-0.05, 0) is 35.0 Å². The predicted molar refractivity (Wildman–Crippen MR) is 61.9 cm³/mol. The van der Waals surface area contributed by atoms with Crippen LogP contribution in [0.1, 0.15) is 5.56 Å². The van der Waals surface area contributed by atoms with Crippen LogP contribution in [0.2, 0.25) is 5.02 Å². The maximum Gasteiger partial charge on any atom is 0.146 e. The van der Waals surface area contributed by atoms with Gasteiger partial charge >= 0.3 is 0 Å². The van der Waals surface area contributed by atoms with E-state index in [1.54, 1.807) is 24.2 Å². The van der Waals surface area contributed by atoms with Crippen molar-refractivity contribution in [3.63, 3.8) is 0 Å². The number of hydrogen-bond acceptors (Lipinski definition) is 3. The molecule has 80 valence electrons. The first-order valence-corrected chi connectivity index (χ1v) is 5.39. The molecule has 2 rings (SSSR count). The third-order valence-corrected chi connectivity index (χ3v) is 2.80. The van der Waals surface area contributed by atoms with Crippen LogP contribution in [-0.4, -0.2) is 0 Å². The molecular weight excluding hydrogens is 284 g/mol. The third-order valence-electron chi connectivity index (χ3n) is 2.11. The topological polar surface area (TPSA) is 27.3 Å². The van der Waals surface area contributed by atoms with E-state index >= 15 is 0 Å². The zero-order valence-corrected chi connectivity index (χ0v) is 10.2. The van der Waals surface area contributed by atoms with E-state index in [1.165, 1.54) is 6.07 Å². The van der Waals surface area contributed by atoms with Gasteiger partial charge in [0.2, 0.25) is 0 Å². The van der Waals surface area contributed by atoms with Crippen molar-refractivity contribution in [3.8, 4) is 0 Å². The van der Waals surface area contributed by atoms with E-state index in [0.29, 0.717) is 11.3 Å². The summed E-state index contributed by atoms with van der Waals surface area (Å²) < 4.78 is 14.3. The Morgan fingerprint density at radius 2 is 2.20 bits per heavy atom. The first-order chi connectivity index (χ1) is 7.09. The molecule has 0 unspecified atom stereocenters. The lowest BCUT2D eigenvalue weighted by Crippen LogP contribution is -2.36. The summed E-state index contributed by atoms with van der Waals surface area (Å²) in [4.78, 5) is 0. The molecule has 15 heavy (non-hydrogen) atoms. The summed E-state index contributed by atoms with van der Waals surface area (Å²) in [6.45, 7) is 1.68. The average molecular weight is 293 g/mol. The number of halogens is 3. The van der Waals surface area contributed by atoms with E-state index in [-0.39, 0.29) is 5.02 Å². The Kier molecular flexibility index (Phi) is 2.86. The van der Waals surface area contributed by atoms with Crippen LogP contribution in [0.15, 0.2) is 22.9 Å². The lowest BCUT2D eigenvalue weighted by Gasteiger charge is -2.18. The predicted octanol–water partition coefficient (Wildman–Crippen LogP) is 2.81. The summed E-state index contributed by atoms with van der Waals surface area (Å²) in [5.74, 6) is -0.396. The highest BCUT2D eigenvalue weighted by atomic mass is 79.9. The van der Waals surface area contributed by atoms with Crippen LogP contribution >= 0.6 is 27.5 Å². The summed E-state index contributed by atoms with van der Waals surface area (Å²) in [7, 11) is 0. The lowest BCUT2D eigenvalue weighted by atomic mass is 10.2. The smallest absolute Gasteiger partial charge is 0.146 e. The van der Waals surface area contributed by atoms with Gasteiger partial charge in [-0.1, -0.05) is 11.6 Å². The molecule has 0 aliphatic carbocycles. The Morgan fingerprint density at radius 1 is 1.47 bits per heavy atom. The zero-order chi connectivity index (χ0) is 11.0. The van der Waals surface area contributed by atoms with Crippen molar-refractivity contribution in [1.82, 2.24) is 11.0 Å². The van der Waals surface area contributed by atoms with E-state index in [0.717, 1.165) is 4.61 Å². The van der Waals surface area contributed by atoms with Crippen molar-refractivity contribution in [1.29, 1.82) is 0 Å². The van der Waals surface area contributed by atoms with Gasteiger partial charge in [0.15, 0.2) is 0 Å². The number of nitrogens with one attached hydrogen (secondary N) is 2. The van der Waals surface area contributed by atoms with Crippen molar-refractivity contribution in [2.45, 2.75) is 6.92 Å². The van der Waals surface area contributed by atoms with Gasteiger partial charge < -0.3 is 0 Å². The quantitative estimate of drug-likeness (QED) is 0.780. The second-order valence-electron chi connectivity index (χ2n) is 3.09. The second kappa shape index (κ2) is 4.00. The number of hydrogen-bond donors (Lipinski definition) is 2. The Hall–Kier alpha value is -0.780. The van der Waals surface area contributed by atoms with Crippen LogP contribution in [0.4, 0.5) is 10.1 Å². The SMILES string of the molecule is Cc1c(N2C=C(Br)NN2)ccc(Cl)c1F. The van der Waals surface area contributed by atoms with Crippen LogP contribution in [0, 0.1) is 12.7 Å². The van der Waals surface area contributed by atoms with Gasteiger partial charge in [-0.25, -0.2) is 4.39 Å². The molecule has 0 saturated heterocycles. The normalized spacial score (nSPS) is 15.2. The van der Waals surface area contributed by atoms with Gasteiger partial charge in [0, 0.05) is 5.56 Å². The monoisotopic (exact) mass is 291 g/mol. The number of rotatable bonds is 1. The molecule has 0 atom stereocenters. The second-order valence-corrected chi connectivity index (χ2v) is 4.35. The lowest BCUT2D eigenvalue weighted by molar-refractivity contribution is 0.614. The highest BCUT2D eigenvalue weighted by Gasteiger charge is 2.16. The Balaban J connectivity index is 2.42. The standard InChI is InChI=1S/C9H8BrClFN3/c1-5-7(3-2-6(11)9(5)12)15-4-8(10)13-14-15/h2-4,13-14H,1H3. The van der Waals surface area contributed by atoms with Crippen LogP contribution < -0.4 is 16.0 Å². The summed E-state index contributed by atoms with van der Waals surface area (Å²) in [6, 6.07) is 3.28. The average Bonchev–Trinajstić information content (AvgIpc) is 2.61. The molecule has 3 nitrogen and oxygen atoms in total. The van der Waals surface area contributed by atoms with E-state index in [9.17, 15) is 4.39 Å². The van der Waals surface area contributed by atoms with E-state index in [4.69, 9.17) is 11.6 Å². The Bertz CT molecular complexity index is 436. The largest absolute Gasteiger partial charge is 0.296 e. The maximum absolute atomic E-state index is 13.5. The Labute approximate surface area is 100.0 Å². The molecule has 0 spiro atoms. The Morgan fingerprint density at radius 3 is 2.80 bits per heavy atom. The van der Waals surface area contributed by atoms with Gasteiger partial charge in [-0.15, -0.1) is 5.53 Å². The first-order valence-electron chi connectivity index (χ1n) is 4.22. The fourth-order valence-corrected chi connectivity index (χ4v) is 1.82. The number of hydrazine groups is 2. The molecule has 0 aromatic heterocycles. The van der Waals surface area contributed by atoms with E-state index in [1.807, 2.05) is 0 Å². The molecule has 1 aliphatic rings. The van der Waals surface area contributed by atoms with Crippen molar-refractivity contribution in [2.24, 2.45) is 0 Å². The first kappa shape index (κ1) is 10.7. The summed E-state index contributed by atoms with van der Waals surface area (Å²) >= 11 is 8.93. The fourth-order valence-electron chi connectivity index (χ4n) is 1.32. The molecule has 0 amide bonds.